The number of nitrogens with zero attached hydrogens (tertiary/aromatic N) is 2. The minimum atomic E-state index is -0.727. The first-order chi connectivity index (χ1) is 17.1. The van der Waals surface area contributed by atoms with Gasteiger partial charge in [0.1, 0.15) is 11.6 Å². The Balaban J connectivity index is 1.67. The Bertz CT molecular complexity index is 1100. The molecule has 0 aromatic heterocycles. The van der Waals surface area contributed by atoms with Crippen molar-refractivity contribution in [3.8, 4) is 0 Å². The van der Waals surface area contributed by atoms with Gasteiger partial charge in [-0.3, -0.25) is 14.5 Å². The molecule has 7 nitrogen and oxygen atoms in total. The van der Waals surface area contributed by atoms with Crippen molar-refractivity contribution >= 4 is 23.5 Å². The number of ether oxygens (including phenoxy) is 1. The Morgan fingerprint density at radius 1 is 1.11 bits per heavy atom. The van der Waals surface area contributed by atoms with E-state index in [2.05, 4.69) is 10.2 Å². The van der Waals surface area contributed by atoms with Crippen LogP contribution in [0.2, 0.25) is 0 Å². The standard InChI is InChI=1S/C29H35N3O4/c1-20(26(33)16-13-21-11-14-24(30-5)15-12-21)31-27(34)25-19-23(22-9-7-6-8-10-22)17-18-32(25)28(35)36-29(2,3)4/h6-12,14-15,20,23,25H,13,16-19H2,1-4H3,(H,31,34)/t20-,23-,25+/m0/s1. The monoisotopic (exact) mass is 489 g/mol. The van der Waals surface area contributed by atoms with E-state index < -0.39 is 23.8 Å². The molecule has 3 rings (SSSR count). The zero-order valence-electron chi connectivity index (χ0n) is 21.5. The van der Waals surface area contributed by atoms with Crippen LogP contribution in [0.1, 0.15) is 64.0 Å². The second-order valence-electron chi connectivity index (χ2n) is 10.3. The van der Waals surface area contributed by atoms with Crippen molar-refractivity contribution in [2.75, 3.05) is 6.54 Å². The molecule has 0 spiro atoms. The predicted molar refractivity (Wildman–Crippen MR) is 139 cm³/mol. The fourth-order valence-corrected chi connectivity index (χ4v) is 4.39. The summed E-state index contributed by atoms with van der Waals surface area (Å²) < 4.78 is 5.58. The van der Waals surface area contributed by atoms with E-state index in [1.165, 1.54) is 4.90 Å². The molecule has 2 aromatic carbocycles. The van der Waals surface area contributed by atoms with Gasteiger partial charge < -0.3 is 10.1 Å². The number of ketones is 1. The molecule has 0 bridgehead atoms. The molecule has 1 heterocycles. The quantitative estimate of drug-likeness (QED) is 0.526. The fraction of sp³-hybridized carbons (Fsp3) is 0.448. The topological polar surface area (TPSA) is 80.1 Å². The summed E-state index contributed by atoms with van der Waals surface area (Å²) in [6.07, 6.45) is 1.47. The van der Waals surface area contributed by atoms with E-state index >= 15 is 0 Å². The van der Waals surface area contributed by atoms with E-state index in [4.69, 9.17) is 11.3 Å². The van der Waals surface area contributed by atoms with Crippen LogP contribution in [0.3, 0.4) is 0 Å². The number of piperidine rings is 1. The smallest absolute Gasteiger partial charge is 0.410 e. The maximum Gasteiger partial charge on any atom is 0.410 e. The molecule has 0 aliphatic carbocycles. The van der Waals surface area contributed by atoms with Gasteiger partial charge in [0.05, 0.1) is 12.6 Å². The molecule has 1 aliphatic rings. The third kappa shape index (κ3) is 7.42. The van der Waals surface area contributed by atoms with Crippen molar-refractivity contribution in [3.63, 3.8) is 0 Å². The Kier molecular flexibility index (Phi) is 8.87. The molecule has 1 fully saturated rings. The zero-order valence-corrected chi connectivity index (χ0v) is 21.5. The van der Waals surface area contributed by atoms with E-state index in [9.17, 15) is 14.4 Å². The first-order valence-electron chi connectivity index (χ1n) is 12.4. The van der Waals surface area contributed by atoms with Crippen LogP contribution in [0.5, 0.6) is 0 Å². The van der Waals surface area contributed by atoms with E-state index in [-0.39, 0.29) is 24.0 Å². The van der Waals surface area contributed by atoms with Gasteiger partial charge in [-0.25, -0.2) is 9.64 Å². The minimum absolute atomic E-state index is 0.0863. The van der Waals surface area contributed by atoms with Crippen LogP contribution in [0.15, 0.2) is 54.6 Å². The SMILES string of the molecule is [C-]#[N+]c1ccc(CCC(=O)[C@H](C)NC(=O)[C@H]2C[C@@H](c3ccccc3)CCN2C(=O)OC(C)(C)C)cc1. The van der Waals surface area contributed by atoms with Crippen molar-refractivity contribution in [3.05, 3.63) is 77.1 Å². The minimum Gasteiger partial charge on any atom is -0.444 e. The van der Waals surface area contributed by atoms with Crippen molar-refractivity contribution in [1.29, 1.82) is 0 Å². The molecule has 36 heavy (non-hydrogen) atoms. The average molecular weight is 490 g/mol. The zero-order chi connectivity index (χ0) is 26.3. The van der Waals surface area contributed by atoms with Gasteiger partial charge in [-0.15, -0.1) is 0 Å². The van der Waals surface area contributed by atoms with Gasteiger partial charge in [-0.1, -0.05) is 60.2 Å². The normalized spacial score (nSPS) is 18.6. The average Bonchev–Trinajstić information content (AvgIpc) is 2.86. The van der Waals surface area contributed by atoms with Crippen LogP contribution in [-0.4, -0.2) is 46.9 Å². The van der Waals surface area contributed by atoms with Gasteiger partial charge in [-0.2, -0.15) is 0 Å². The van der Waals surface area contributed by atoms with Gasteiger partial charge in [0.25, 0.3) is 0 Å². The summed E-state index contributed by atoms with van der Waals surface area (Å²) in [6.45, 7) is 14.5. The molecule has 3 atom stereocenters. The third-order valence-corrected chi connectivity index (χ3v) is 6.37. The van der Waals surface area contributed by atoms with Gasteiger partial charge in [0, 0.05) is 13.0 Å². The number of benzene rings is 2. The molecular formula is C29H35N3O4. The number of carbonyl (C=O) groups is 3. The van der Waals surface area contributed by atoms with Crippen LogP contribution in [0.4, 0.5) is 10.5 Å². The molecule has 1 aliphatic heterocycles. The number of Topliss-reactive ketones (excluding diaryl/α,β-unsaturated/α-hetero) is 1. The predicted octanol–water partition coefficient (Wildman–Crippen LogP) is 5.43. The number of rotatable bonds is 7. The summed E-state index contributed by atoms with van der Waals surface area (Å²) in [5.41, 5.74) is 1.97. The molecule has 7 heteroatoms. The summed E-state index contributed by atoms with van der Waals surface area (Å²) in [5.74, 6) is -0.300. The largest absolute Gasteiger partial charge is 0.444 e. The number of carbonyl (C=O) groups excluding carboxylic acids is 3. The van der Waals surface area contributed by atoms with Crippen LogP contribution in [-0.2, 0) is 20.7 Å². The Morgan fingerprint density at radius 3 is 2.39 bits per heavy atom. The van der Waals surface area contributed by atoms with Gasteiger partial charge in [0.15, 0.2) is 11.5 Å². The van der Waals surface area contributed by atoms with E-state index in [0.717, 1.165) is 17.5 Å². The van der Waals surface area contributed by atoms with Gasteiger partial charge in [-0.05, 0) is 58.4 Å². The molecule has 1 saturated heterocycles. The Labute approximate surface area is 213 Å². The Hall–Kier alpha value is -3.66. The van der Waals surface area contributed by atoms with Crippen molar-refractivity contribution in [2.24, 2.45) is 0 Å². The molecule has 190 valence electrons. The third-order valence-electron chi connectivity index (χ3n) is 6.37. The highest BCUT2D eigenvalue weighted by Crippen LogP contribution is 2.32. The fourth-order valence-electron chi connectivity index (χ4n) is 4.39. The highest BCUT2D eigenvalue weighted by atomic mass is 16.6. The lowest BCUT2D eigenvalue weighted by molar-refractivity contribution is -0.131. The molecule has 0 radical (unpaired) electrons. The highest BCUT2D eigenvalue weighted by molar-refractivity contribution is 5.92. The lowest BCUT2D eigenvalue weighted by Crippen LogP contribution is -2.56. The highest BCUT2D eigenvalue weighted by Gasteiger charge is 2.39. The number of likely N-dealkylation sites (tertiary alicyclic amines) is 1. The van der Waals surface area contributed by atoms with Crippen LogP contribution >= 0.6 is 0 Å². The number of nitrogens with one attached hydrogen (secondary N) is 1. The van der Waals surface area contributed by atoms with Crippen molar-refractivity contribution in [2.45, 2.75) is 77.0 Å². The summed E-state index contributed by atoms with van der Waals surface area (Å²) in [4.78, 5) is 44.0. The second-order valence-corrected chi connectivity index (χ2v) is 10.3. The molecule has 0 unspecified atom stereocenters. The molecule has 1 N–H and O–H groups in total. The second kappa shape index (κ2) is 11.9. The first-order valence-corrected chi connectivity index (χ1v) is 12.4. The number of amides is 2. The summed E-state index contributed by atoms with van der Waals surface area (Å²) >= 11 is 0. The van der Waals surface area contributed by atoms with Crippen molar-refractivity contribution in [1.82, 2.24) is 10.2 Å². The van der Waals surface area contributed by atoms with E-state index in [1.807, 2.05) is 42.5 Å². The van der Waals surface area contributed by atoms with Crippen LogP contribution < -0.4 is 5.32 Å². The summed E-state index contributed by atoms with van der Waals surface area (Å²) in [7, 11) is 0. The number of aryl methyl sites for hydroxylation is 1. The first kappa shape index (κ1) is 26.9. The van der Waals surface area contributed by atoms with Crippen LogP contribution in [0, 0.1) is 6.57 Å². The lowest BCUT2D eigenvalue weighted by atomic mass is 9.85. The number of hydrogen-bond donors (Lipinski definition) is 1. The molecule has 0 saturated carbocycles. The molecular weight excluding hydrogens is 454 g/mol. The Morgan fingerprint density at radius 2 is 1.78 bits per heavy atom. The van der Waals surface area contributed by atoms with E-state index in [0.29, 0.717) is 25.1 Å². The maximum absolute atomic E-state index is 13.4. The summed E-state index contributed by atoms with van der Waals surface area (Å²) in [5, 5.41) is 2.85. The summed E-state index contributed by atoms with van der Waals surface area (Å²) in [6, 6.07) is 15.7. The van der Waals surface area contributed by atoms with Gasteiger partial charge >= 0.3 is 6.09 Å². The van der Waals surface area contributed by atoms with Crippen LogP contribution in [0.25, 0.3) is 4.85 Å². The van der Waals surface area contributed by atoms with E-state index in [1.54, 1.807) is 39.8 Å². The molecule has 2 aromatic rings. The lowest BCUT2D eigenvalue weighted by Gasteiger charge is -2.39. The maximum atomic E-state index is 13.4. The molecule has 2 amide bonds. The van der Waals surface area contributed by atoms with Crippen molar-refractivity contribution < 1.29 is 19.1 Å². The number of hydrogen-bond acceptors (Lipinski definition) is 4. The van der Waals surface area contributed by atoms with Gasteiger partial charge in [0.2, 0.25) is 5.91 Å².